The zero-order chi connectivity index (χ0) is 15.7. The molecule has 0 N–H and O–H groups in total. The lowest BCUT2D eigenvalue weighted by Crippen LogP contribution is -2.42. The highest BCUT2D eigenvalue weighted by molar-refractivity contribution is 7.13. The first-order chi connectivity index (χ1) is 10.6. The topological polar surface area (TPSA) is 59.5 Å². The third-order valence-corrected chi connectivity index (χ3v) is 5.57. The van der Waals surface area contributed by atoms with E-state index in [0.29, 0.717) is 25.6 Å². The number of piperidine rings is 1. The summed E-state index contributed by atoms with van der Waals surface area (Å²) in [4.78, 5) is 31.7. The molecule has 3 rings (SSSR count). The molecule has 1 amide bonds. The minimum Gasteiger partial charge on any atom is -0.466 e. The predicted molar refractivity (Wildman–Crippen MR) is 84.1 cm³/mol. The standard InChI is InChI=1S/C16H22N2O3S/c1-3-21-16(20)12-5-4-8-18(9-12)15(19)13-10(2)17-14(22-13)11-6-7-11/h11-12H,3-9H2,1-2H3. The molecule has 2 heterocycles. The highest BCUT2D eigenvalue weighted by Crippen LogP contribution is 2.42. The van der Waals surface area contributed by atoms with E-state index in [9.17, 15) is 9.59 Å². The smallest absolute Gasteiger partial charge is 0.310 e. The van der Waals surface area contributed by atoms with E-state index in [0.717, 1.165) is 28.4 Å². The summed E-state index contributed by atoms with van der Waals surface area (Å²) in [7, 11) is 0. The van der Waals surface area contributed by atoms with Gasteiger partial charge in [-0.15, -0.1) is 11.3 Å². The van der Waals surface area contributed by atoms with E-state index < -0.39 is 0 Å². The highest BCUT2D eigenvalue weighted by Gasteiger charge is 2.33. The Morgan fingerprint density at radius 3 is 2.82 bits per heavy atom. The average Bonchev–Trinajstić information content (AvgIpc) is 3.30. The first-order valence-electron chi connectivity index (χ1n) is 8.03. The number of nitrogens with zero attached hydrogens (tertiary/aromatic N) is 2. The van der Waals surface area contributed by atoms with Crippen LogP contribution in [-0.4, -0.2) is 41.5 Å². The number of aromatic nitrogens is 1. The summed E-state index contributed by atoms with van der Waals surface area (Å²) >= 11 is 1.53. The molecule has 1 aromatic heterocycles. The van der Waals surface area contributed by atoms with Crippen molar-refractivity contribution in [3.05, 3.63) is 15.6 Å². The summed E-state index contributed by atoms with van der Waals surface area (Å²) < 4.78 is 5.10. The number of rotatable bonds is 4. The Kier molecular flexibility index (Phi) is 4.47. The van der Waals surface area contributed by atoms with Gasteiger partial charge in [-0.05, 0) is 39.5 Å². The first-order valence-corrected chi connectivity index (χ1v) is 8.85. The van der Waals surface area contributed by atoms with Gasteiger partial charge in [0.25, 0.3) is 5.91 Å². The Morgan fingerprint density at radius 2 is 2.14 bits per heavy atom. The van der Waals surface area contributed by atoms with Gasteiger partial charge in [0, 0.05) is 19.0 Å². The Labute approximate surface area is 134 Å². The number of hydrogen-bond acceptors (Lipinski definition) is 5. The molecule has 6 heteroatoms. The lowest BCUT2D eigenvalue weighted by Gasteiger charge is -2.31. The maximum Gasteiger partial charge on any atom is 0.310 e. The van der Waals surface area contributed by atoms with E-state index in [2.05, 4.69) is 4.98 Å². The van der Waals surface area contributed by atoms with Gasteiger partial charge < -0.3 is 9.64 Å². The number of esters is 1. The monoisotopic (exact) mass is 322 g/mol. The van der Waals surface area contributed by atoms with Crippen LogP contribution in [0.3, 0.4) is 0 Å². The summed E-state index contributed by atoms with van der Waals surface area (Å²) in [5, 5.41) is 1.10. The van der Waals surface area contributed by atoms with E-state index in [1.807, 2.05) is 13.8 Å². The van der Waals surface area contributed by atoms with Gasteiger partial charge >= 0.3 is 5.97 Å². The van der Waals surface area contributed by atoms with Gasteiger partial charge in [-0.1, -0.05) is 0 Å². The van der Waals surface area contributed by atoms with Gasteiger partial charge in [-0.3, -0.25) is 9.59 Å². The fourth-order valence-electron chi connectivity index (χ4n) is 2.88. The molecule has 1 aliphatic heterocycles. The van der Waals surface area contributed by atoms with E-state index in [4.69, 9.17) is 4.74 Å². The molecular weight excluding hydrogens is 300 g/mol. The van der Waals surface area contributed by atoms with Crippen LogP contribution in [0.4, 0.5) is 0 Å². The number of likely N-dealkylation sites (tertiary alicyclic amines) is 1. The van der Waals surface area contributed by atoms with Crippen LogP contribution in [0.2, 0.25) is 0 Å². The second-order valence-corrected chi connectivity index (χ2v) is 7.11. The average molecular weight is 322 g/mol. The van der Waals surface area contributed by atoms with Crippen LogP contribution in [-0.2, 0) is 9.53 Å². The molecule has 0 spiro atoms. The van der Waals surface area contributed by atoms with Crippen molar-refractivity contribution < 1.29 is 14.3 Å². The lowest BCUT2D eigenvalue weighted by atomic mass is 9.98. The van der Waals surface area contributed by atoms with Crippen molar-refractivity contribution in [1.82, 2.24) is 9.88 Å². The van der Waals surface area contributed by atoms with Crippen LogP contribution in [0.5, 0.6) is 0 Å². The van der Waals surface area contributed by atoms with Gasteiger partial charge in [0.15, 0.2) is 0 Å². The highest BCUT2D eigenvalue weighted by atomic mass is 32.1. The largest absolute Gasteiger partial charge is 0.466 e. The minimum atomic E-state index is -0.186. The molecule has 22 heavy (non-hydrogen) atoms. The Balaban J connectivity index is 1.70. The van der Waals surface area contributed by atoms with Crippen molar-refractivity contribution in [2.75, 3.05) is 19.7 Å². The molecule has 0 aromatic carbocycles. The van der Waals surface area contributed by atoms with Crippen molar-refractivity contribution in [2.24, 2.45) is 5.92 Å². The Bertz CT molecular complexity index is 580. The molecule has 5 nitrogen and oxygen atoms in total. The number of carbonyl (C=O) groups excluding carboxylic acids is 2. The number of hydrogen-bond donors (Lipinski definition) is 0. The maximum atomic E-state index is 12.7. The molecule has 1 aliphatic carbocycles. The van der Waals surface area contributed by atoms with Gasteiger partial charge in [-0.25, -0.2) is 4.98 Å². The van der Waals surface area contributed by atoms with Crippen molar-refractivity contribution in [1.29, 1.82) is 0 Å². The lowest BCUT2D eigenvalue weighted by molar-refractivity contribution is -0.149. The van der Waals surface area contributed by atoms with Crippen molar-refractivity contribution in [3.8, 4) is 0 Å². The quantitative estimate of drug-likeness (QED) is 0.800. The molecular formula is C16H22N2O3S. The molecule has 2 fully saturated rings. The van der Waals surface area contributed by atoms with Crippen LogP contribution < -0.4 is 0 Å². The molecule has 1 saturated heterocycles. The maximum absolute atomic E-state index is 12.7. The fraction of sp³-hybridized carbons (Fsp3) is 0.688. The number of ether oxygens (including phenoxy) is 1. The normalized spacial score (nSPS) is 21.7. The second-order valence-electron chi connectivity index (χ2n) is 6.08. The van der Waals surface area contributed by atoms with Crippen molar-refractivity contribution in [3.63, 3.8) is 0 Å². The van der Waals surface area contributed by atoms with E-state index in [1.165, 1.54) is 24.2 Å². The van der Waals surface area contributed by atoms with E-state index in [1.54, 1.807) is 4.90 Å². The number of thiazole rings is 1. The molecule has 1 atom stereocenters. The first kappa shape index (κ1) is 15.5. The molecule has 1 unspecified atom stereocenters. The van der Waals surface area contributed by atoms with Crippen LogP contribution in [0.1, 0.15) is 58.9 Å². The summed E-state index contributed by atoms with van der Waals surface area (Å²) in [5.41, 5.74) is 0.829. The second kappa shape index (κ2) is 6.36. The number of carbonyl (C=O) groups is 2. The van der Waals surface area contributed by atoms with Crippen LogP contribution in [0.25, 0.3) is 0 Å². The van der Waals surface area contributed by atoms with E-state index >= 15 is 0 Å². The van der Waals surface area contributed by atoms with Crippen LogP contribution in [0, 0.1) is 12.8 Å². The number of aryl methyl sites for hydroxylation is 1. The van der Waals surface area contributed by atoms with Crippen LogP contribution >= 0.6 is 11.3 Å². The van der Waals surface area contributed by atoms with Crippen molar-refractivity contribution in [2.45, 2.75) is 45.4 Å². The molecule has 1 saturated carbocycles. The van der Waals surface area contributed by atoms with Crippen molar-refractivity contribution >= 4 is 23.2 Å². The third kappa shape index (κ3) is 3.16. The van der Waals surface area contributed by atoms with Gasteiger partial charge in [-0.2, -0.15) is 0 Å². The molecule has 2 aliphatic rings. The molecule has 0 bridgehead atoms. The third-order valence-electron chi connectivity index (χ3n) is 4.26. The Hall–Kier alpha value is -1.43. The van der Waals surface area contributed by atoms with Gasteiger partial charge in [0.05, 0.1) is 23.2 Å². The van der Waals surface area contributed by atoms with Gasteiger partial charge in [0.2, 0.25) is 0 Å². The number of amides is 1. The Morgan fingerprint density at radius 1 is 1.36 bits per heavy atom. The molecule has 120 valence electrons. The fourth-order valence-corrected chi connectivity index (χ4v) is 4.08. The SMILES string of the molecule is CCOC(=O)C1CCCN(C(=O)c2sc(C3CC3)nc2C)C1. The summed E-state index contributed by atoms with van der Waals surface area (Å²) in [6.07, 6.45) is 4.03. The zero-order valence-corrected chi connectivity index (χ0v) is 13.9. The van der Waals surface area contributed by atoms with Gasteiger partial charge in [0.1, 0.15) is 4.88 Å². The van der Waals surface area contributed by atoms with E-state index in [-0.39, 0.29) is 17.8 Å². The molecule has 1 aromatic rings. The summed E-state index contributed by atoms with van der Waals surface area (Å²) in [6.45, 7) is 5.28. The van der Waals surface area contributed by atoms with Crippen LogP contribution in [0.15, 0.2) is 0 Å². The zero-order valence-electron chi connectivity index (χ0n) is 13.1. The minimum absolute atomic E-state index is 0.0240. The molecule has 0 radical (unpaired) electrons. The predicted octanol–water partition coefficient (Wildman–Crippen LogP) is 2.74. The summed E-state index contributed by atoms with van der Waals surface area (Å²) in [6, 6.07) is 0. The summed E-state index contributed by atoms with van der Waals surface area (Å²) in [5.74, 6) is 0.225.